The van der Waals surface area contributed by atoms with Gasteiger partial charge in [0, 0.05) is 5.92 Å². The van der Waals surface area contributed by atoms with Gasteiger partial charge in [0.1, 0.15) is 23.9 Å². The van der Waals surface area contributed by atoms with Crippen molar-refractivity contribution in [2.45, 2.75) is 104 Å². The van der Waals surface area contributed by atoms with Gasteiger partial charge in [-0.3, -0.25) is 4.79 Å². The molecule has 2 aliphatic carbocycles. The summed E-state index contributed by atoms with van der Waals surface area (Å²) in [6.07, 6.45) is 6.62. The number of benzene rings is 1. The SMILES string of the molecule is CC(C)[C@@H]1CC[C@@H](C)C[C@H]1OC(=O)[C@@H]1[C@H](C(=O)O[C@@H]2C[C@H](C)CC[C@H]2C(C)C)OC(c2cccs2)=C[C@H]1c1ccccc1. The monoisotopic (exact) mass is 606 g/mol. The van der Waals surface area contributed by atoms with Crippen molar-refractivity contribution in [3.63, 3.8) is 0 Å². The first-order chi connectivity index (χ1) is 20.6. The molecule has 1 aromatic carbocycles. The van der Waals surface area contributed by atoms with Crippen LogP contribution in [0.25, 0.3) is 5.76 Å². The van der Waals surface area contributed by atoms with Gasteiger partial charge in [-0.2, -0.15) is 0 Å². The van der Waals surface area contributed by atoms with Gasteiger partial charge >= 0.3 is 11.9 Å². The van der Waals surface area contributed by atoms with E-state index in [2.05, 4.69) is 41.5 Å². The fourth-order valence-electron chi connectivity index (χ4n) is 7.65. The van der Waals surface area contributed by atoms with Crippen LogP contribution in [0.5, 0.6) is 0 Å². The van der Waals surface area contributed by atoms with E-state index in [1.165, 1.54) is 0 Å². The van der Waals surface area contributed by atoms with Crippen LogP contribution in [-0.4, -0.2) is 30.3 Å². The molecule has 5 rings (SSSR count). The molecule has 9 atom stereocenters. The lowest BCUT2D eigenvalue weighted by Crippen LogP contribution is -2.48. The van der Waals surface area contributed by atoms with Crippen LogP contribution in [0.4, 0.5) is 0 Å². The Bertz CT molecular complexity index is 1230. The number of esters is 2. The number of ether oxygens (including phenoxy) is 3. The number of rotatable bonds is 8. The zero-order chi connectivity index (χ0) is 30.7. The van der Waals surface area contributed by atoms with Crippen LogP contribution in [0, 0.1) is 41.4 Å². The molecule has 0 unspecified atom stereocenters. The largest absolute Gasteiger partial charge is 0.477 e. The third-order valence-corrected chi connectivity index (χ3v) is 11.1. The summed E-state index contributed by atoms with van der Waals surface area (Å²) < 4.78 is 19.3. The van der Waals surface area contributed by atoms with E-state index in [4.69, 9.17) is 14.2 Å². The van der Waals surface area contributed by atoms with Crippen molar-refractivity contribution in [1.29, 1.82) is 0 Å². The zero-order valence-corrected chi connectivity index (χ0v) is 27.6. The summed E-state index contributed by atoms with van der Waals surface area (Å²) in [6, 6.07) is 14.0. The first-order valence-corrected chi connectivity index (χ1v) is 17.4. The highest BCUT2D eigenvalue weighted by atomic mass is 32.1. The molecule has 234 valence electrons. The number of hydrogen-bond acceptors (Lipinski definition) is 6. The summed E-state index contributed by atoms with van der Waals surface area (Å²) in [6.45, 7) is 13.3. The topological polar surface area (TPSA) is 61.8 Å². The Kier molecular flexibility index (Phi) is 10.4. The van der Waals surface area contributed by atoms with Gasteiger partial charge in [0.2, 0.25) is 6.10 Å². The lowest BCUT2D eigenvalue weighted by atomic mass is 9.75. The van der Waals surface area contributed by atoms with Gasteiger partial charge in [0.15, 0.2) is 0 Å². The van der Waals surface area contributed by atoms with Crippen LogP contribution >= 0.6 is 11.3 Å². The van der Waals surface area contributed by atoms with Crippen molar-refractivity contribution in [3.05, 3.63) is 64.4 Å². The zero-order valence-electron chi connectivity index (χ0n) is 26.7. The fraction of sp³-hybridized carbons (Fsp3) is 0.622. The predicted molar refractivity (Wildman–Crippen MR) is 172 cm³/mol. The molecule has 0 spiro atoms. The molecule has 0 amide bonds. The molecule has 1 aliphatic heterocycles. The number of hydrogen-bond donors (Lipinski definition) is 0. The lowest BCUT2D eigenvalue weighted by molar-refractivity contribution is -0.180. The van der Waals surface area contributed by atoms with E-state index in [0.29, 0.717) is 41.3 Å². The predicted octanol–water partition coefficient (Wildman–Crippen LogP) is 8.90. The van der Waals surface area contributed by atoms with Crippen LogP contribution in [0.3, 0.4) is 0 Å². The fourth-order valence-corrected chi connectivity index (χ4v) is 8.34. The highest BCUT2D eigenvalue weighted by Crippen LogP contribution is 2.44. The minimum Gasteiger partial charge on any atom is -0.477 e. The van der Waals surface area contributed by atoms with E-state index >= 15 is 0 Å². The van der Waals surface area contributed by atoms with Crippen molar-refractivity contribution in [1.82, 2.24) is 0 Å². The lowest BCUT2D eigenvalue weighted by Gasteiger charge is -2.41. The Balaban J connectivity index is 1.51. The van der Waals surface area contributed by atoms with Crippen molar-refractivity contribution < 1.29 is 23.8 Å². The molecule has 0 radical (unpaired) electrons. The summed E-state index contributed by atoms with van der Waals surface area (Å²) in [5, 5.41) is 2.00. The van der Waals surface area contributed by atoms with Crippen molar-refractivity contribution in [2.24, 2.45) is 41.4 Å². The van der Waals surface area contributed by atoms with Gasteiger partial charge in [-0.15, -0.1) is 11.3 Å². The maximum Gasteiger partial charge on any atom is 0.348 e. The minimum atomic E-state index is -1.09. The van der Waals surface area contributed by atoms with Crippen LogP contribution in [0.15, 0.2) is 53.9 Å². The average Bonchev–Trinajstić information content (AvgIpc) is 3.52. The minimum absolute atomic E-state index is 0.170. The van der Waals surface area contributed by atoms with Crippen LogP contribution in [0.2, 0.25) is 0 Å². The Morgan fingerprint density at radius 3 is 1.91 bits per heavy atom. The van der Waals surface area contributed by atoms with Crippen LogP contribution < -0.4 is 0 Å². The standard InChI is InChI=1S/C37H50O5S/c1-22(2)27-16-14-24(5)19-30(27)41-36(38)34-29(26-11-8-7-9-12-26)21-32(33-13-10-18-43-33)40-35(34)37(39)42-31-20-25(6)15-17-28(31)23(3)4/h7-13,18,21-25,27-31,34-35H,14-17,19-20H2,1-6H3/t24-,25-,27+,28+,29+,30-,31-,34+,35-/m1/s1. The van der Waals surface area contributed by atoms with Crippen molar-refractivity contribution in [3.8, 4) is 0 Å². The van der Waals surface area contributed by atoms with Crippen LogP contribution in [0.1, 0.15) is 96.4 Å². The molecule has 5 nitrogen and oxygen atoms in total. The Morgan fingerprint density at radius 1 is 0.791 bits per heavy atom. The summed E-state index contributed by atoms with van der Waals surface area (Å²) in [7, 11) is 0. The summed E-state index contributed by atoms with van der Waals surface area (Å²) in [4.78, 5) is 29.6. The first-order valence-electron chi connectivity index (χ1n) is 16.5. The molecule has 0 N–H and O–H groups in total. The van der Waals surface area contributed by atoms with E-state index < -0.39 is 18.0 Å². The quantitative estimate of drug-likeness (QED) is 0.281. The highest BCUT2D eigenvalue weighted by molar-refractivity contribution is 7.11. The van der Waals surface area contributed by atoms with Gasteiger partial charge in [-0.05, 0) is 84.3 Å². The molecule has 2 fully saturated rings. The number of allylic oxidation sites excluding steroid dienone is 1. The molecule has 2 saturated carbocycles. The number of carbonyl (C=O) groups excluding carboxylic acids is 2. The van der Waals surface area contributed by atoms with Crippen molar-refractivity contribution >= 4 is 29.0 Å². The second kappa shape index (κ2) is 14.0. The summed E-state index contributed by atoms with van der Waals surface area (Å²) in [5.74, 6) is 0.964. The average molecular weight is 607 g/mol. The molecular formula is C37H50O5S. The van der Waals surface area contributed by atoms with Gasteiger partial charge in [-0.1, -0.05) is 90.8 Å². The van der Waals surface area contributed by atoms with Gasteiger partial charge in [0.25, 0.3) is 0 Å². The molecule has 3 aliphatic rings. The normalized spacial score (nSPS) is 33.0. The summed E-state index contributed by atoms with van der Waals surface area (Å²) >= 11 is 1.56. The van der Waals surface area contributed by atoms with E-state index in [1.807, 2.05) is 53.9 Å². The molecular weight excluding hydrogens is 556 g/mol. The van der Waals surface area contributed by atoms with E-state index in [-0.39, 0.29) is 24.1 Å². The van der Waals surface area contributed by atoms with E-state index in [9.17, 15) is 9.59 Å². The first kappa shape index (κ1) is 31.8. The Hall–Kier alpha value is -2.60. The smallest absolute Gasteiger partial charge is 0.348 e. The Labute approximate surface area is 262 Å². The van der Waals surface area contributed by atoms with Crippen molar-refractivity contribution in [2.75, 3.05) is 0 Å². The van der Waals surface area contributed by atoms with Gasteiger partial charge in [0.05, 0.1) is 4.88 Å². The van der Waals surface area contributed by atoms with E-state index in [1.54, 1.807) is 11.3 Å². The second-order valence-electron chi connectivity index (χ2n) is 14.1. The molecule has 6 heteroatoms. The van der Waals surface area contributed by atoms with Gasteiger partial charge < -0.3 is 14.2 Å². The van der Waals surface area contributed by atoms with Crippen LogP contribution in [-0.2, 0) is 23.8 Å². The number of thiophene rings is 1. The highest BCUT2D eigenvalue weighted by Gasteiger charge is 2.49. The maximum atomic E-state index is 14.4. The molecule has 0 saturated heterocycles. The third kappa shape index (κ3) is 7.38. The molecule has 2 aromatic rings. The number of carbonyl (C=O) groups is 2. The summed E-state index contributed by atoms with van der Waals surface area (Å²) in [5.41, 5.74) is 0.961. The molecule has 1 aromatic heterocycles. The van der Waals surface area contributed by atoms with E-state index in [0.717, 1.165) is 49.0 Å². The third-order valence-electron chi connectivity index (χ3n) is 10.2. The molecule has 2 heterocycles. The molecule has 0 bridgehead atoms. The second-order valence-corrected chi connectivity index (χ2v) is 15.1. The Morgan fingerprint density at radius 2 is 1.37 bits per heavy atom. The molecule has 43 heavy (non-hydrogen) atoms. The van der Waals surface area contributed by atoms with Gasteiger partial charge in [-0.25, -0.2) is 4.79 Å². The maximum absolute atomic E-state index is 14.4.